The lowest BCUT2D eigenvalue weighted by molar-refractivity contribution is -0.132. The second-order valence-electron chi connectivity index (χ2n) is 6.45. The number of imide groups is 1. The number of anilines is 1. The predicted molar refractivity (Wildman–Crippen MR) is 96.3 cm³/mol. The molecule has 0 unspecified atom stereocenters. The first kappa shape index (κ1) is 17.0. The lowest BCUT2D eigenvalue weighted by Gasteiger charge is -2.15. The van der Waals surface area contributed by atoms with Crippen molar-refractivity contribution >= 4 is 29.2 Å². The second kappa shape index (κ2) is 6.35. The molecule has 27 heavy (non-hydrogen) atoms. The molecule has 2 heterocycles. The maximum Gasteiger partial charge on any atom is 0.308 e. The minimum atomic E-state index is -0.957. The zero-order valence-corrected chi connectivity index (χ0v) is 14.7. The van der Waals surface area contributed by atoms with Crippen molar-refractivity contribution in [2.45, 2.75) is 20.0 Å². The van der Waals surface area contributed by atoms with E-state index in [2.05, 4.69) is 5.16 Å². The summed E-state index contributed by atoms with van der Waals surface area (Å²) in [6.45, 7) is 3.26. The summed E-state index contributed by atoms with van der Waals surface area (Å²) in [6.07, 6.45) is -0.957. The van der Waals surface area contributed by atoms with Gasteiger partial charge in [-0.25, -0.2) is 4.90 Å². The summed E-state index contributed by atoms with van der Waals surface area (Å²) in [5, 5.41) is 3.99. The van der Waals surface area contributed by atoms with Gasteiger partial charge in [0.25, 0.3) is 5.91 Å². The van der Waals surface area contributed by atoms with Crippen LogP contribution in [0.4, 0.5) is 5.69 Å². The first-order valence-electron chi connectivity index (χ1n) is 8.43. The van der Waals surface area contributed by atoms with Crippen molar-refractivity contribution in [2.75, 3.05) is 4.90 Å². The maximum absolute atomic E-state index is 13.0. The van der Waals surface area contributed by atoms with Crippen molar-refractivity contribution in [3.05, 3.63) is 59.7 Å². The van der Waals surface area contributed by atoms with Crippen LogP contribution in [-0.2, 0) is 19.2 Å². The van der Waals surface area contributed by atoms with Crippen molar-refractivity contribution in [1.82, 2.24) is 0 Å². The number of esters is 1. The van der Waals surface area contributed by atoms with Gasteiger partial charge in [0.15, 0.2) is 0 Å². The van der Waals surface area contributed by atoms with Gasteiger partial charge in [-0.2, -0.15) is 0 Å². The molecule has 2 atom stereocenters. The van der Waals surface area contributed by atoms with E-state index >= 15 is 0 Å². The van der Waals surface area contributed by atoms with Gasteiger partial charge in [0, 0.05) is 12.5 Å². The van der Waals surface area contributed by atoms with E-state index in [9.17, 15) is 14.4 Å². The highest BCUT2D eigenvalue weighted by Gasteiger charge is 2.56. The van der Waals surface area contributed by atoms with Crippen LogP contribution < -0.4 is 9.64 Å². The summed E-state index contributed by atoms with van der Waals surface area (Å²) in [6, 6.07) is 13.7. The van der Waals surface area contributed by atoms with E-state index in [0.29, 0.717) is 17.1 Å². The number of ether oxygens (including phenoxy) is 1. The standard InChI is InChI=1S/C20H16N2O5/c1-11-3-5-13(6-4-11)17-16-18(27-21-17)20(25)22(19(16)24)14-7-9-15(10-8-14)26-12(2)23/h3-10,16,18H,1-2H3/t16-,18+/m1/s1. The molecular formula is C20H16N2O5. The van der Waals surface area contributed by atoms with Crippen molar-refractivity contribution in [2.24, 2.45) is 11.1 Å². The van der Waals surface area contributed by atoms with Gasteiger partial charge in [0.1, 0.15) is 17.4 Å². The number of benzene rings is 2. The first-order chi connectivity index (χ1) is 13.0. The number of fused-ring (bicyclic) bond motifs is 1. The summed E-state index contributed by atoms with van der Waals surface area (Å²) < 4.78 is 4.97. The maximum atomic E-state index is 13.0. The lowest BCUT2D eigenvalue weighted by atomic mass is 9.93. The number of carbonyl (C=O) groups excluding carboxylic acids is 3. The van der Waals surface area contributed by atoms with Gasteiger partial charge < -0.3 is 9.57 Å². The molecule has 0 bridgehead atoms. The summed E-state index contributed by atoms with van der Waals surface area (Å²) in [5.74, 6) is -1.73. The van der Waals surface area contributed by atoms with Gasteiger partial charge in [0.2, 0.25) is 12.0 Å². The number of rotatable bonds is 3. The number of hydrogen-bond donors (Lipinski definition) is 0. The Labute approximate surface area is 155 Å². The van der Waals surface area contributed by atoms with Crippen LogP contribution in [0, 0.1) is 12.8 Å². The Balaban J connectivity index is 1.62. The van der Waals surface area contributed by atoms with Gasteiger partial charge in [-0.15, -0.1) is 0 Å². The summed E-state index contributed by atoms with van der Waals surface area (Å²) in [5.41, 5.74) is 2.68. The molecule has 1 saturated heterocycles. The Kier molecular flexibility index (Phi) is 3.99. The van der Waals surface area contributed by atoms with E-state index in [1.54, 1.807) is 12.1 Å². The monoisotopic (exact) mass is 364 g/mol. The minimum absolute atomic E-state index is 0.337. The van der Waals surface area contributed by atoms with E-state index < -0.39 is 23.9 Å². The minimum Gasteiger partial charge on any atom is -0.427 e. The molecule has 2 aliphatic heterocycles. The number of hydrogen-bond acceptors (Lipinski definition) is 6. The van der Waals surface area contributed by atoms with Crippen LogP contribution in [0.25, 0.3) is 0 Å². The average Bonchev–Trinajstić information content (AvgIpc) is 3.17. The molecule has 0 N–H and O–H groups in total. The highest BCUT2D eigenvalue weighted by molar-refractivity contribution is 6.32. The average molecular weight is 364 g/mol. The quantitative estimate of drug-likeness (QED) is 0.474. The molecule has 7 heteroatoms. The molecule has 4 rings (SSSR count). The molecule has 2 aromatic rings. The molecule has 1 fully saturated rings. The Morgan fingerprint density at radius 1 is 1.04 bits per heavy atom. The number of amides is 2. The van der Waals surface area contributed by atoms with Gasteiger partial charge in [-0.05, 0) is 31.2 Å². The lowest BCUT2D eigenvalue weighted by Crippen LogP contribution is -2.33. The smallest absolute Gasteiger partial charge is 0.308 e. The van der Waals surface area contributed by atoms with Gasteiger partial charge in [0.05, 0.1) is 5.69 Å². The molecule has 136 valence electrons. The van der Waals surface area contributed by atoms with Gasteiger partial charge in [-0.1, -0.05) is 35.0 Å². The van der Waals surface area contributed by atoms with Crippen LogP contribution in [0.1, 0.15) is 18.1 Å². The van der Waals surface area contributed by atoms with Crippen LogP contribution in [0.15, 0.2) is 53.7 Å². The van der Waals surface area contributed by atoms with Crippen molar-refractivity contribution in [3.63, 3.8) is 0 Å². The molecule has 0 aliphatic carbocycles. The van der Waals surface area contributed by atoms with Crippen LogP contribution in [0.3, 0.4) is 0 Å². The first-order valence-corrected chi connectivity index (χ1v) is 8.43. The summed E-state index contributed by atoms with van der Waals surface area (Å²) in [7, 11) is 0. The van der Waals surface area contributed by atoms with Gasteiger partial charge >= 0.3 is 5.97 Å². The van der Waals surface area contributed by atoms with Crippen LogP contribution >= 0.6 is 0 Å². The zero-order chi connectivity index (χ0) is 19.1. The summed E-state index contributed by atoms with van der Waals surface area (Å²) in [4.78, 5) is 43.1. The Hall–Kier alpha value is -3.48. The Morgan fingerprint density at radius 3 is 2.33 bits per heavy atom. The molecule has 7 nitrogen and oxygen atoms in total. The van der Waals surface area contributed by atoms with Crippen LogP contribution in [0.5, 0.6) is 5.75 Å². The highest BCUT2D eigenvalue weighted by Crippen LogP contribution is 2.35. The molecule has 2 amide bonds. The molecule has 2 aromatic carbocycles. The number of aryl methyl sites for hydroxylation is 1. The SMILES string of the molecule is CC(=O)Oc1ccc(N2C(=O)[C@@H]3C(c4ccc(C)cc4)=NO[C@@H]3C2=O)cc1. The third-order valence-corrected chi connectivity index (χ3v) is 4.52. The highest BCUT2D eigenvalue weighted by atomic mass is 16.6. The van der Waals surface area contributed by atoms with Crippen LogP contribution in [-0.4, -0.2) is 29.6 Å². The fraction of sp³-hybridized carbons (Fsp3) is 0.200. The fourth-order valence-corrected chi connectivity index (χ4v) is 3.22. The van der Waals surface area contributed by atoms with Crippen molar-refractivity contribution < 1.29 is 24.0 Å². The second-order valence-corrected chi connectivity index (χ2v) is 6.45. The molecule has 0 aromatic heterocycles. The largest absolute Gasteiger partial charge is 0.427 e. The number of carbonyl (C=O) groups is 3. The number of oxime groups is 1. The molecule has 0 spiro atoms. The van der Waals surface area contributed by atoms with Crippen molar-refractivity contribution in [1.29, 1.82) is 0 Å². The predicted octanol–water partition coefficient (Wildman–Crippen LogP) is 2.21. The molecule has 0 saturated carbocycles. The molecular weight excluding hydrogens is 348 g/mol. The van der Waals surface area contributed by atoms with E-state index in [-0.39, 0.29) is 5.91 Å². The van der Waals surface area contributed by atoms with Crippen LogP contribution in [0.2, 0.25) is 0 Å². The zero-order valence-electron chi connectivity index (χ0n) is 14.7. The van der Waals surface area contributed by atoms with E-state index in [4.69, 9.17) is 9.57 Å². The fourth-order valence-electron chi connectivity index (χ4n) is 3.22. The van der Waals surface area contributed by atoms with Crippen molar-refractivity contribution in [3.8, 4) is 5.75 Å². The van der Waals surface area contributed by atoms with E-state index in [1.807, 2.05) is 31.2 Å². The molecule has 0 radical (unpaired) electrons. The van der Waals surface area contributed by atoms with E-state index in [1.165, 1.54) is 19.1 Å². The van der Waals surface area contributed by atoms with E-state index in [0.717, 1.165) is 16.0 Å². The van der Waals surface area contributed by atoms with Gasteiger partial charge in [-0.3, -0.25) is 14.4 Å². The normalized spacial score (nSPS) is 21.0. The number of nitrogens with zero attached hydrogens (tertiary/aromatic N) is 2. The Morgan fingerprint density at radius 2 is 1.70 bits per heavy atom. The topological polar surface area (TPSA) is 85.3 Å². The Bertz CT molecular complexity index is 963. The third kappa shape index (κ3) is 2.87. The summed E-state index contributed by atoms with van der Waals surface area (Å²) >= 11 is 0. The third-order valence-electron chi connectivity index (χ3n) is 4.52. The molecule has 2 aliphatic rings.